The van der Waals surface area contributed by atoms with Gasteiger partial charge in [0, 0.05) is 17.7 Å². The van der Waals surface area contributed by atoms with E-state index in [2.05, 4.69) is 4.18 Å². The molecule has 1 aromatic rings. The van der Waals surface area contributed by atoms with Crippen LogP contribution < -0.4 is 9.47 Å². The first kappa shape index (κ1) is 23.6. The van der Waals surface area contributed by atoms with E-state index in [-0.39, 0.29) is 11.3 Å². The molecule has 12 heteroatoms. The third-order valence-electron chi connectivity index (χ3n) is 3.99. The molecule has 2 rings (SSSR count). The van der Waals surface area contributed by atoms with E-state index < -0.39 is 39.2 Å². The van der Waals surface area contributed by atoms with Crippen LogP contribution in [0.3, 0.4) is 0 Å². The highest BCUT2D eigenvalue weighted by Gasteiger charge is 2.50. The second-order valence-corrected chi connectivity index (χ2v) is 8.86. The van der Waals surface area contributed by atoms with Crippen LogP contribution in [0.2, 0.25) is 0 Å². The standard InChI is InChI=1S/C18H22F3NO7S/c1-10-15-11(7-12(26-5)9-13(15)27-6)8-14(29-30(24,25)18(19,20)21)22(10)16(23)28-17(2,3)4/h7-10H,1-6H3/t10-/m1/s1. The lowest BCUT2D eigenvalue weighted by atomic mass is 9.95. The zero-order chi connectivity index (χ0) is 23.1. The van der Waals surface area contributed by atoms with E-state index in [4.69, 9.17) is 14.2 Å². The second-order valence-electron chi connectivity index (χ2n) is 7.32. The lowest BCUT2D eigenvalue weighted by molar-refractivity contribution is -0.0546. The summed E-state index contributed by atoms with van der Waals surface area (Å²) in [4.78, 5) is 13.4. The minimum Gasteiger partial charge on any atom is -0.497 e. The van der Waals surface area contributed by atoms with E-state index in [0.717, 1.165) is 6.08 Å². The first-order valence-electron chi connectivity index (χ1n) is 8.62. The minimum absolute atomic E-state index is 0.255. The Morgan fingerprint density at radius 1 is 1.10 bits per heavy atom. The van der Waals surface area contributed by atoms with E-state index in [1.807, 2.05) is 0 Å². The number of nitrogens with zero attached hydrogens (tertiary/aromatic N) is 1. The molecule has 0 aliphatic carbocycles. The predicted octanol–water partition coefficient (Wildman–Crippen LogP) is 4.18. The number of ether oxygens (including phenoxy) is 3. The molecule has 0 saturated carbocycles. The maximum Gasteiger partial charge on any atom is 0.534 e. The number of fused-ring (bicyclic) bond motifs is 1. The SMILES string of the molecule is COc1cc2c(c(OC)c1)[C@@H](C)N(C(=O)OC(C)(C)C)C(OS(=O)(=O)C(F)(F)F)=C2. The molecule has 1 aromatic carbocycles. The van der Waals surface area contributed by atoms with Crippen molar-refractivity contribution in [1.29, 1.82) is 0 Å². The minimum atomic E-state index is -6.05. The molecule has 0 N–H and O–H groups in total. The third-order valence-corrected chi connectivity index (χ3v) is 4.95. The van der Waals surface area contributed by atoms with Crippen molar-refractivity contribution < 1.29 is 44.8 Å². The number of rotatable bonds is 4. The highest BCUT2D eigenvalue weighted by molar-refractivity contribution is 7.87. The fourth-order valence-corrected chi connectivity index (χ4v) is 3.23. The largest absolute Gasteiger partial charge is 0.534 e. The molecule has 1 aliphatic rings. The van der Waals surface area contributed by atoms with Gasteiger partial charge in [-0.1, -0.05) is 0 Å². The number of hydrogen-bond donors (Lipinski definition) is 0. The number of amides is 1. The first-order valence-corrected chi connectivity index (χ1v) is 10.0. The molecule has 30 heavy (non-hydrogen) atoms. The van der Waals surface area contributed by atoms with Crippen molar-refractivity contribution in [3.05, 3.63) is 29.1 Å². The molecular formula is C18H22F3NO7S. The van der Waals surface area contributed by atoms with Crippen molar-refractivity contribution in [1.82, 2.24) is 4.90 Å². The Balaban J connectivity index is 2.69. The summed E-state index contributed by atoms with van der Waals surface area (Å²) in [5, 5.41) is 0. The van der Waals surface area contributed by atoms with Gasteiger partial charge in [0.25, 0.3) is 0 Å². The summed E-state index contributed by atoms with van der Waals surface area (Å²) in [7, 11) is -3.31. The van der Waals surface area contributed by atoms with E-state index >= 15 is 0 Å². The van der Waals surface area contributed by atoms with Crippen LogP contribution in [0.4, 0.5) is 18.0 Å². The summed E-state index contributed by atoms with van der Waals surface area (Å²) in [5.74, 6) is -0.283. The highest BCUT2D eigenvalue weighted by Crippen LogP contribution is 2.43. The number of benzene rings is 1. The fourth-order valence-electron chi connectivity index (χ4n) is 2.78. The van der Waals surface area contributed by atoms with Crippen molar-refractivity contribution in [2.45, 2.75) is 44.8 Å². The Bertz CT molecular complexity index is 965. The molecular weight excluding hydrogens is 431 g/mol. The Morgan fingerprint density at radius 3 is 2.17 bits per heavy atom. The summed E-state index contributed by atoms with van der Waals surface area (Å²) in [6, 6.07) is 1.98. The first-order chi connectivity index (χ1) is 13.6. The summed E-state index contributed by atoms with van der Waals surface area (Å²) in [6.07, 6.45) is -0.115. The number of hydrogen-bond acceptors (Lipinski definition) is 7. The summed E-state index contributed by atoms with van der Waals surface area (Å²) in [5.41, 5.74) is -6.04. The molecule has 0 spiro atoms. The normalized spacial score (nSPS) is 17.0. The zero-order valence-corrected chi connectivity index (χ0v) is 18.0. The molecule has 0 saturated heterocycles. The Labute approximate surface area is 172 Å². The monoisotopic (exact) mass is 453 g/mol. The van der Waals surface area contributed by atoms with E-state index in [9.17, 15) is 26.4 Å². The zero-order valence-electron chi connectivity index (χ0n) is 17.2. The van der Waals surface area contributed by atoms with Crippen LogP contribution in [0.5, 0.6) is 11.5 Å². The Kier molecular flexibility index (Phi) is 6.22. The van der Waals surface area contributed by atoms with Gasteiger partial charge in [-0.15, -0.1) is 0 Å². The average Bonchev–Trinajstić information content (AvgIpc) is 2.57. The molecule has 8 nitrogen and oxygen atoms in total. The summed E-state index contributed by atoms with van der Waals surface area (Å²) >= 11 is 0. The Hall–Kier alpha value is -2.63. The highest BCUT2D eigenvalue weighted by atomic mass is 32.2. The molecule has 1 heterocycles. The molecule has 1 aliphatic heterocycles. The van der Waals surface area contributed by atoms with Crippen molar-refractivity contribution in [2.75, 3.05) is 14.2 Å². The molecule has 1 amide bonds. The van der Waals surface area contributed by atoms with Crippen LogP contribution >= 0.6 is 0 Å². The van der Waals surface area contributed by atoms with Gasteiger partial charge >= 0.3 is 21.7 Å². The number of halogens is 3. The lowest BCUT2D eigenvalue weighted by Gasteiger charge is -2.36. The van der Waals surface area contributed by atoms with Gasteiger partial charge in [-0.2, -0.15) is 21.6 Å². The van der Waals surface area contributed by atoms with Gasteiger partial charge in [-0.3, -0.25) is 0 Å². The molecule has 0 radical (unpaired) electrons. The number of carbonyl (C=O) groups is 1. The maximum atomic E-state index is 12.9. The smallest absolute Gasteiger partial charge is 0.497 e. The molecule has 168 valence electrons. The molecule has 0 unspecified atom stereocenters. The number of methoxy groups -OCH3 is 2. The molecule has 0 aromatic heterocycles. The van der Waals surface area contributed by atoms with Crippen molar-refractivity contribution in [3.8, 4) is 11.5 Å². The van der Waals surface area contributed by atoms with Crippen molar-refractivity contribution in [2.24, 2.45) is 0 Å². The van der Waals surface area contributed by atoms with Gasteiger partial charge in [-0.05, 0) is 39.3 Å². The maximum absolute atomic E-state index is 12.9. The molecule has 1 atom stereocenters. The second kappa shape index (κ2) is 7.89. The van der Waals surface area contributed by atoms with E-state index in [1.165, 1.54) is 33.3 Å². The van der Waals surface area contributed by atoms with Crippen LogP contribution in [0.15, 0.2) is 18.0 Å². The van der Waals surface area contributed by atoms with Gasteiger partial charge in [0.15, 0.2) is 0 Å². The average molecular weight is 453 g/mol. The summed E-state index contributed by atoms with van der Waals surface area (Å²) in [6.45, 7) is 6.12. The van der Waals surface area contributed by atoms with Crippen molar-refractivity contribution >= 4 is 22.3 Å². The van der Waals surface area contributed by atoms with E-state index in [1.54, 1.807) is 20.8 Å². The quantitative estimate of drug-likeness (QED) is 0.499. The van der Waals surface area contributed by atoms with Gasteiger partial charge in [0.05, 0.1) is 20.3 Å². The molecule has 0 fully saturated rings. The van der Waals surface area contributed by atoms with Crippen LogP contribution in [0, 0.1) is 0 Å². The van der Waals surface area contributed by atoms with Gasteiger partial charge in [0.1, 0.15) is 17.1 Å². The van der Waals surface area contributed by atoms with Crippen LogP contribution in [-0.2, 0) is 19.0 Å². The van der Waals surface area contributed by atoms with E-state index in [0.29, 0.717) is 16.2 Å². The lowest BCUT2D eigenvalue weighted by Crippen LogP contribution is -2.41. The topological polar surface area (TPSA) is 91.4 Å². The van der Waals surface area contributed by atoms with Gasteiger partial charge in [-0.25, -0.2) is 9.69 Å². The van der Waals surface area contributed by atoms with Crippen molar-refractivity contribution in [3.63, 3.8) is 0 Å². The van der Waals surface area contributed by atoms with Gasteiger partial charge in [0.2, 0.25) is 5.88 Å². The van der Waals surface area contributed by atoms with Crippen LogP contribution in [0.25, 0.3) is 6.08 Å². The molecule has 0 bridgehead atoms. The fraction of sp³-hybridized carbons (Fsp3) is 0.500. The van der Waals surface area contributed by atoms with Gasteiger partial charge < -0.3 is 18.4 Å². The third kappa shape index (κ3) is 4.74. The predicted molar refractivity (Wildman–Crippen MR) is 100 cm³/mol. The van der Waals surface area contributed by atoms with Crippen LogP contribution in [-0.4, -0.2) is 44.7 Å². The summed E-state index contributed by atoms with van der Waals surface area (Å²) < 4.78 is 82.0. The van der Waals surface area contributed by atoms with Crippen LogP contribution in [0.1, 0.15) is 44.9 Å². The number of alkyl halides is 3. The number of carbonyl (C=O) groups excluding carboxylic acids is 1. The Morgan fingerprint density at radius 2 is 1.70 bits per heavy atom.